The molecule has 1 aliphatic heterocycles. The summed E-state index contributed by atoms with van der Waals surface area (Å²) in [6.07, 6.45) is 4.98. The lowest BCUT2D eigenvalue weighted by molar-refractivity contribution is -0.686. The molecule has 1 aliphatic carbocycles. The zero-order valence-corrected chi connectivity index (χ0v) is 21.3. The molecule has 10 heteroatoms. The van der Waals surface area contributed by atoms with E-state index in [4.69, 9.17) is 0 Å². The van der Waals surface area contributed by atoms with Crippen LogP contribution in [0.5, 0.6) is 5.88 Å². The molecule has 1 saturated carbocycles. The van der Waals surface area contributed by atoms with Crippen LogP contribution in [0.15, 0.2) is 10.9 Å². The second-order valence-electron chi connectivity index (χ2n) is 10.2. The van der Waals surface area contributed by atoms with Crippen LogP contribution in [-0.4, -0.2) is 74.6 Å². The number of piperazine rings is 1. The highest BCUT2D eigenvalue weighted by Gasteiger charge is 2.35. The summed E-state index contributed by atoms with van der Waals surface area (Å²) in [4.78, 5) is 43.3. The van der Waals surface area contributed by atoms with Crippen molar-refractivity contribution in [1.29, 1.82) is 0 Å². The van der Waals surface area contributed by atoms with Gasteiger partial charge >= 0.3 is 17.1 Å². The molecule has 2 fully saturated rings. The maximum Gasteiger partial charge on any atom is 0.378 e. The quantitative estimate of drug-likeness (QED) is 0.401. The highest BCUT2D eigenvalue weighted by atomic mass is 16.3. The molecule has 3 N–H and O–H groups in total. The number of aromatic amines is 1. The number of aromatic nitrogens is 3. The van der Waals surface area contributed by atoms with Crippen molar-refractivity contribution in [2.45, 2.75) is 66.1 Å². The van der Waals surface area contributed by atoms with Gasteiger partial charge in [-0.15, -0.1) is 0 Å². The molecule has 3 heterocycles. The number of likely N-dealkylation sites (N-methyl/N-ethyl adjacent to an activating group) is 1. The van der Waals surface area contributed by atoms with E-state index in [9.17, 15) is 19.5 Å². The van der Waals surface area contributed by atoms with Crippen LogP contribution in [0, 0.1) is 12.8 Å². The summed E-state index contributed by atoms with van der Waals surface area (Å²) in [6.45, 7) is 13.7. The third kappa shape index (κ3) is 4.98. The topological polar surface area (TPSA) is 114 Å². The molecule has 35 heavy (non-hydrogen) atoms. The summed E-state index contributed by atoms with van der Waals surface area (Å²) in [6, 6.07) is 0.159. The number of rotatable bonds is 7. The van der Waals surface area contributed by atoms with Gasteiger partial charge in [-0.3, -0.25) is 14.5 Å². The van der Waals surface area contributed by atoms with Crippen LogP contribution < -0.4 is 15.4 Å². The van der Waals surface area contributed by atoms with Crippen LogP contribution in [0.25, 0.3) is 11.7 Å². The number of amides is 2. The van der Waals surface area contributed by atoms with Crippen molar-refractivity contribution < 1.29 is 19.3 Å². The fourth-order valence-electron chi connectivity index (χ4n) is 4.74. The first-order chi connectivity index (χ1) is 16.6. The summed E-state index contributed by atoms with van der Waals surface area (Å²) in [5.74, 6) is -0.877. The van der Waals surface area contributed by atoms with Gasteiger partial charge in [-0.1, -0.05) is 25.3 Å². The molecule has 0 aromatic carbocycles. The summed E-state index contributed by atoms with van der Waals surface area (Å²) in [7, 11) is 0. The van der Waals surface area contributed by atoms with E-state index in [2.05, 4.69) is 22.2 Å². The second kappa shape index (κ2) is 9.85. The Labute approximate surface area is 205 Å². The standard InChI is InChI=1S/C25H36N6O4/c1-6-28-11-12-29(16(4)14-28)20(32)10-9-19-17(5)27-31-23(19)30(13-15(2)3)24(34)21(25(31)35)22(33)26-18-7-8-18/h9-10,15-16,18H,6-8,11-14H2,1-5H3,(H2,26,33,34,35)/p+1/b10-9+/t16-/m0/s1. The molecule has 190 valence electrons. The van der Waals surface area contributed by atoms with E-state index in [0.29, 0.717) is 30.0 Å². The summed E-state index contributed by atoms with van der Waals surface area (Å²) >= 11 is 0. The maximum atomic E-state index is 13.3. The van der Waals surface area contributed by atoms with Crippen molar-refractivity contribution in [3.05, 3.63) is 33.3 Å². The van der Waals surface area contributed by atoms with Crippen molar-refractivity contribution in [3.63, 3.8) is 0 Å². The highest BCUT2D eigenvalue weighted by Crippen LogP contribution is 2.22. The number of fused-ring (bicyclic) bond motifs is 1. The molecule has 0 unspecified atom stereocenters. The smallest absolute Gasteiger partial charge is 0.378 e. The van der Waals surface area contributed by atoms with Gasteiger partial charge in [-0.2, -0.15) is 4.57 Å². The van der Waals surface area contributed by atoms with Gasteiger partial charge in [-0.25, -0.2) is 9.89 Å². The van der Waals surface area contributed by atoms with E-state index in [1.54, 1.807) is 17.6 Å². The molecular formula is C25H37N6O4+. The first-order valence-corrected chi connectivity index (χ1v) is 12.5. The number of nitrogens with zero attached hydrogens (tertiary/aromatic N) is 4. The Hall–Kier alpha value is -3.14. The molecule has 2 amide bonds. The molecule has 0 spiro atoms. The lowest BCUT2D eigenvalue weighted by Crippen LogP contribution is -2.53. The average Bonchev–Trinajstić information content (AvgIpc) is 3.55. The summed E-state index contributed by atoms with van der Waals surface area (Å²) in [5.41, 5.74) is 0.821. The number of H-pyrrole nitrogens is 1. The van der Waals surface area contributed by atoms with Crippen molar-refractivity contribution in [3.8, 4) is 5.88 Å². The number of hydrogen-bond acceptors (Lipinski definition) is 5. The van der Waals surface area contributed by atoms with E-state index in [-0.39, 0.29) is 35.4 Å². The lowest BCUT2D eigenvalue weighted by atomic mass is 10.1. The highest BCUT2D eigenvalue weighted by molar-refractivity contribution is 5.96. The molecule has 0 bridgehead atoms. The van der Waals surface area contributed by atoms with Gasteiger partial charge in [0, 0.05) is 37.8 Å². The minimum atomic E-state index is -0.617. The fourth-order valence-corrected chi connectivity index (χ4v) is 4.74. The summed E-state index contributed by atoms with van der Waals surface area (Å²) < 4.78 is 2.89. The zero-order chi connectivity index (χ0) is 25.4. The molecular weight excluding hydrogens is 448 g/mol. The van der Waals surface area contributed by atoms with E-state index in [1.807, 2.05) is 25.7 Å². The summed E-state index contributed by atoms with van der Waals surface area (Å²) in [5, 5.41) is 16.9. The molecule has 1 atom stereocenters. The second-order valence-corrected chi connectivity index (χ2v) is 10.2. The number of nitrogens with one attached hydrogen (secondary N) is 2. The van der Waals surface area contributed by atoms with Gasteiger partial charge in [0.25, 0.3) is 5.91 Å². The average molecular weight is 486 g/mol. The van der Waals surface area contributed by atoms with Crippen LogP contribution in [0.4, 0.5) is 0 Å². The molecule has 2 aromatic heterocycles. The van der Waals surface area contributed by atoms with E-state index < -0.39 is 11.5 Å². The van der Waals surface area contributed by atoms with E-state index >= 15 is 0 Å². The Bertz CT molecular complexity index is 1220. The molecule has 4 rings (SSSR count). The van der Waals surface area contributed by atoms with Gasteiger partial charge in [-0.05, 0) is 45.2 Å². The van der Waals surface area contributed by atoms with Gasteiger partial charge in [0.15, 0.2) is 0 Å². The van der Waals surface area contributed by atoms with Gasteiger partial charge in [0.2, 0.25) is 11.5 Å². The predicted molar refractivity (Wildman–Crippen MR) is 132 cm³/mol. The fraction of sp³-hybridized carbons (Fsp3) is 0.600. The zero-order valence-electron chi connectivity index (χ0n) is 21.3. The minimum absolute atomic E-state index is 0.0528. The van der Waals surface area contributed by atoms with Crippen LogP contribution in [0.3, 0.4) is 0 Å². The molecule has 1 saturated heterocycles. The van der Waals surface area contributed by atoms with Crippen molar-refractivity contribution in [2.75, 3.05) is 26.2 Å². The largest absolute Gasteiger partial charge is 0.477 e. The molecule has 0 radical (unpaired) electrons. The Morgan fingerprint density at radius 2 is 2.00 bits per heavy atom. The van der Waals surface area contributed by atoms with Crippen molar-refractivity contribution in [2.24, 2.45) is 5.92 Å². The molecule has 2 aliphatic rings. The van der Waals surface area contributed by atoms with E-state index in [1.165, 1.54) is 10.6 Å². The SMILES string of the molecule is CCN1CCN(C(=O)/C=C/c2c(C)[nH]n3c(=O)c(C(=O)NC4CC4)c(O)[n+](CC(C)C)c23)[C@@H](C)C1. The number of aryl methyl sites for hydroxylation is 1. The van der Waals surface area contributed by atoms with Gasteiger partial charge in [0.1, 0.15) is 0 Å². The van der Waals surface area contributed by atoms with Gasteiger partial charge in [0.05, 0.1) is 17.8 Å². The van der Waals surface area contributed by atoms with Crippen molar-refractivity contribution >= 4 is 23.5 Å². The Kier molecular flexibility index (Phi) is 7.02. The monoisotopic (exact) mass is 485 g/mol. The molecule has 10 nitrogen and oxygen atoms in total. The number of hydrogen-bond donors (Lipinski definition) is 3. The minimum Gasteiger partial charge on any atom is -0.477 e. The lowest BCUT2D eigenvalue weighted by Gasteiger charge is -2.39. The third-order valence-corrected chi connectivity index (χ3v) is 6.81. The predicted octanol–water partition coefficient (Wildman–Crippen LogP) is 1.04. The maximum absolute atomic E-state index is 13.3. The van der Waals surface area contributed by atoms with Crippen LogP contribution >= 0.6 is 0 Å². The van der Waals surface area contributed by atoms with Gasteiger partial charge < -0.3 is 15.3 Å². The Morgan fingerprint density at radius 1 is 1.29 bits per heavy atom. The Balaban J connectivity index is 1.74. The number of carbonyl (C=O) groups excluding carboxylic acids is 2. The van der Waals surface area contributed by atoms with Crippen LogP contribution in [0.2, 0.25) is 0 Å². The van der Waals surface area contributed by atoms with Crippen molar-refractivity contribution in [1.82, 2.24) is 24.7 Å². The normalized spacial score (nSPS) is 19.3. The van der Waals surface area contributed by atoms with Crippen LogP contribution in [0.1, 0.15) is 62.2 Å². The van der Waals surface area contributed by atoms with Crippen LogP contribution in [-0.2, 0) is 11.3 Å². The first kappa shape index (κ1) is 25.0. The Morgan fingerprint density at radius 3 is 2.60 bits per heavy atom. The number of aromatic hydroxyl groups is 1. The third-order valence-electron chi connectivity index (χ3n) is 6.81. The number of carbonyl (C=O) groups is 2. The van der Waals surface area contributed by atoms with E-state index in [0.717, 1.165) is 32.5 Å². The molecule has 2 aromatic rings. The first-order valence-electron chi connectivity index (χ1n) is 12.5.